The van der Waals surface area contributed by atoms with E-state index in [0.717, 1.165) is 5.75 Å². The molecule has 336 valence electrons. The molecule has 4 rings (SSSR count). The summed E-state index contributed by atoms with van der Waals surface area (Å²) in [5.41, 5.74) is 0. The summed E-state index contributed by atoms with van der Waals surface area (Å²) in [6, 6.07) is 27.8. The fraction of sp³-hybridized carbons (Fsp3) is 0.654. The predicted molar refractivity (Wildman–Crippen MR) is 294 cm³/mol. The molecule has 0 unspecified atom stereocenters. The highest BCUT2D eigenvalue weighted by Crippen LogP contribution is 2.38. The Labute approximate surface area is 380 Å². The van der Waals surface area contributed by atoms with Crippen molar-refractivity contribution in [3.63, 3.8) is 0 Å². The number of ether oxygens (including phenoxy) is 1. The van der Waals surface area contributed by atoms with Crippen LogP contribution in [0.25, 0.3) is 0 Å². The van der Waals surface area contributed by atoms with E-state index in [1.807, 2.05) is 7.11 Å². The van der Waals surface area contributed by atoms with E-state index in [-0.39, 0.29) is 0 Å². The van der Waals surface area contributed by atoms with Crippen molar-refractivity contribution in [3.05, 3.63) is 94.5 Å². The van der Waals surface area contributed by atoms with Crippen LogP contribution in [0.3, 0.4) is 0 Å². The fourth-order valence-electron chi connectivity index (χ4n) is 11.2. The molecule has 0 amide bonds. The molecule has 1 nitrogen and oxygen atoms in total. The molecular weight excluding hydrogens is 837 g/mol. The third-order valence-corrected chi connectivity index (χ3v) is 43.0. The molecule has 0 bridgehead atoms. The minimum atomic E-state index is -1.76. The van der Waals surface area contributed by atoms with Crippen molar-refractivity contribution in [2.24, 2.45) is 0 Å². The Balaban J connectivity index is 1.45. The minimum Gasteiger partial charge on any atom is -0.497 e. The lowest BCUT2D eigenvalue weighted by molar-refractivity contribution is 0.415. The number of benzene rings is 1. The van der Waals surface area contributed by atoms with Crippen LogP contribution in [0, 0.1) is 0 Å². The van der Waals surface area contributed by atoms with Crippen molar-refractivity contribution >= 4 is 61.7 Å². The molecule has 0 spiro atoms. The van der Waals surface area contributed by atoms with E-state index in [0.29, 0.717) is 0 Å². The number of rotatable bonds is 29. The summed E-state index contributed by atoms with van der Waals surface area (Å²) in [5.74, 6) is 1.03. The standard InChI is InChI=1S/C52H94OSi7/c1-53-48-32-34-52(35-33-48)60(45-23-39-54(2,3)36-20-42-57(8,9)49-26-14-15-27-49,46-24-40-55(4,5)37-21-43-58(10,11)50-28-16-17-29-50)47-25-41-56(6,7)38-22-44-59(12,13)51-30-18-19-31-51/h14-19,26,28,30,32-35H,20-25,27,29,31,36-47H2,1-13H3. The van der Waals surface area contributed by atoms with Gasteiger partial charge in [0, 0.05) is 24.2 Å². The normalized spacial score (nSPS) is 16.5. The zero-order valence-corrected chi connectivity index (χ0v) is 48.8. The summed E-state index contributed by atoms with van der Waals surface area (Å²) in [5, 5.41) is 7.10. The maximum Gasteiger partial charge on any atom is 0.118 e. The second-order valence-corrected chi connectivity index (χ2v) is 59.6. The predicted octanol–water partition coefficient (Wildman–Crippen LogP) is 17.2. The third kappa shape index (κ3) is 16.5. The van der Waals surface area contributed by atoms with Crippen molar-refractivity contribution in [3.8, 4) is 5.75 Å². The number of hydrogen-bond acceptors (Lipinski definition) is 1. The van der Waals surface area contributed by atoms with Crippen LogP contribution in [0.5, 0.6) is 5.75 Å². The van der Waals surface area contributed by atoms with Crippen LogP contribution >= 0.6 is 0 Å². The first kappa shape index (κ1) is 51.6. The molecule has 0 radical (unpaired) electrons. The van der Waals surface area contributed by atoms with Gasteiger partial charge in [0.2, 0.25) is 0 Å². The van der Waals surface area contributed by atoms with Gasteiger partial charge in [-0.2, -0.15) is 0 Å². The summed E-state index contributed by atoms with van der Waals surface area (Å²) in [7, 11) is -7.54. The monoisotopic (exact) mass is 931 g/mol. The van der Waals surface area contributed by atoms with Crippen LogP contribution in [-0.2, 0) is 0 Å². The smallest absolute Gasteiger partial charge is 0.118 e. The lowest BCUT2D eigenvalue weighted by Crippen LogP contribution is -2.48. The van der Waals surface area contributed by atoms with E-state index < -0.39 is 56.5 Å². The van der Waals surface area contributed by atoms with Gasteiger partial charge in [-0.1, -0.05) is 277 Å². The Morgan fingerprint density at radius 1 is 0.383 bits per heavy atom. The summed E-state index contributed by atoms with van der Waals surface area (Å²) in [4.78, 5) is 0. The fourth-order valence-corrected chi connectivity index (χ4v) is 33.7. The summed E-state index contributed by atoms with van der Waals surface area (Å²) < 4.78 is 5.76. The van der Waals surface area contributed by atoms with Gasteiger partial charge in [-0.25, -0.2) is 0 Å². The molecule has 0 saturated heterocycles. The highest BCUT2D eigenvalue weighted by Gasteiger charge is 2.37. The van der Waals surface area contributed by atoms with Crippen molar-refractivity contribution < 1.29 is 4.74 Å². The maximum atomic E-state index is 5.76. The molecule has 0 heterocycles. The van der Waals surface area contributed by atoms with Gasteiger partial charge in [-0.15, -0.1) is 0 Å². The summed E-state index contributed by atoms with van der Waals surface area (Å²) in [6.07, 6.45) is 33.8. The average Bonchev–Trinajstić information content (AvgIpc) is 3.99. The van der Waals surface area contributed by atoms with Crippen molar-refractivity contribution in [2.45, 2.75) is 209 Å². The Kier molecular flexibility index (Phi) is 19.6. The van der Waals surface area contributed by atoms with E-state index in [4.69, 9.17) is 4.74 Å². The van der Waals surface area contributed by atoms with Gasteiger partial charge >= 0.3 is 0 Å². The average molecular weight is 932 g/mol. The second kappa shape index (κ2) is 22.7. The Morgan fingerprint density at radius 2 is 0.667 bits per heavy atom. The molecule has 0 fully saturated rings. The van der Waals surface area contributed by atoms with E-state index in [1.165, 1.54) is 130 Å². The molecule has 8 heteroatoms. The Morgan fingerprint density at radius 3 is 0.917 bits per heavy atom. The maximum absolute atomic E-state index is 5.76. The van der Waals surface area contributed by atoms with Gasteiger partial charge in [0.1, 0.15) is 5.75 Å². The molecule has 0 aliphatic heterocycles. The van der Waals surface area contributed by atoms with E-state index in [2.05, 4.69) is 158 Å². The Hall–Kier alpha value is -1.02. The van der Waals surface area contributed by atoms with E-state index in [9.17, 15) is 0 Å². The lowest BCUT2D eigenvalue weighted by Gasteiger charge is -2.36. The summed E-state index contributed by atoms with van der Waals surface area (Å²) in [6.45, 7) is 32.2. The van der Waals surface area contributed by atoms with Crippen molar-refractivity contribution in [1.29, 1.82) is 0 Å². The Bertz CT molecular complexity index is 1530. The number of hydrogen-bond donors (Lipinski definition) is 0. The van der Waals surface area contributed by atoms with Gasteiger partial charge in [-0.3, -0.25) is 0 Å². The lowest BCUT2D eigenvalue weighted by atomic mass is 10.3. The van der Waals surface area contributed by atoms with Crippen LogP contribution in [0.2, 0.25) is 151 Å². The quantitative estimate of drug-likeness (QED) is 0.0728. The van der Waals surface area contributed by atoms with E-state index >= 15 is 0 Å². The van der Waals surface area contributed by atoms with Gasteiger partial charge in [0.05, 0.1) is 39.4 Å². The zero-order chi connectivity index (χ0) is 44.1. The molecular formula is C52H94OSi7. The first-order valence-electron chi connectivity index (χ1n) is 24.8. The zero-order valence-electron chi connectivity index (χ0n) is 41.8. The molecule has 0 saturated carbocycles. The van der Waals surface area contributed by atoms with Crippen LogP contribution in [-0.4, -0.2) is 63.6 Å². The molecule has 1 aromatic carbocycles. The van der Waals surface area contributed by atoms with Gasteiger partial charge in [0.25, 0.3) is 0 Å². The van der Waals surface area contributed by atoms with Gasteiger partial charge < -0.3 is 4.74 Å². The number of methoxy groups -OCH3 is 1. The van der Waals surface area contributed by atoms with Gasteiger partial charge in [0.15, 0.2) is 0 Å². The third-order valence-electron chi connectivity index (χ3n) is 16.1. The highest BCUT2D eigenvalue weighted by molar-refractivity contribution is 6.92. The topological polar surface area (TPSA) is 9.23 Å². The van der Waals surface area contributed by atoms with Crippen LogP contribution in [0.4, 0.5) is 0 Å². The molecule has 0 atom stereocenters. The van der Waals surface area contributed by atoms with Crippen LogP contribution in [0.15, 0.2) is 94.5 Å². The molecule has 0 aromatic heterocycles. The summed E-state index contributed by atoms with van der Waals surface area (Å²) >= 11 is 0. The largest absolute Gasteiger partial charge is 0.497 e. The molecule has 3 aliphatic carbocycles. The van der Waals surface area contributed by atoms with Crippen LogP contribution < -0.4 is 9.92 Å². The molecule has 3 aliphatic rings. The SMILES string of the molecule is COc1ccc([Si](CCC[Si](C)(C)CCC[Si](C)(C)C2=CC=CC2)(CCC[Si](C)(C)CCC[Si](C)(C)C2=CC=CC2)CCC[Si](C)(C)CCC[Si](C)(C)C2=CC=CC2)cc1. The second-order valence-electron chi connectivity index (χ2n) is 24.2. The van der Waals surface area contributed by atoms with E-state index in [1.54, 1.807) is 20.8 Å². The molecule has 1 aromatic rings. The first-order valence-corrected chi connectivity index (χ1v) is 47.3. The molecule has 60 heavy (non-hydrogen) atoms. The van der Waals surface area contributed by atoms with Gasteiger partial charge in [-0.05, 0) is 31.4 Å². The van der Waals surface area contributed by atoms with Crippen LogP contribution in [0.1, 0.15) is 57.8 Å². The first-order chi connectivity index (χ1) is 28.1. The number of allylic oxidation sites excluding steroid dienone is 12. The highest BCUT2D eigenvalue weighted by atomic mass is 28.3. The van der Waals surface area contributed by atoms with Crippen molar-refractivity contribution in [2.75, 3.05) is 7.11 Å². The van der Waals surface area contributed by atoms with Crippen molar-refractivity contribution in [1.82, 2.24) is 0 Å². The minimum absolute atomic E-state index is 1.03. The molecule has 0 N–H and O–H groups in total.